The molecule has 0 aliphatic heterocycles. The van der Waals surface area contributed by atoms with Crippen molar-refractivity contribution < 1.29 is 17.9 Å². The second kappa shape index (κ2) is 6.83. The number of halogens is 1. The van der Waals surface area contributed by atoms with Crippen LogP contribution in [0.3, 0.4) is 0 Å². The lowest BCUT2D eigenvalue weighted by Gasteiger charge is -2.07. The van der Waals surface area contributed by atoms with Crippen molar-refractivity contribution in [2.45, 2.75) is 11.4 Å². The maximum absolute atomic E-state index is 13.9. The first-order valence-electron chi connectivity index (χ1n) is 5.94. The molecule has 4 nitrogen and oxygen atoms in total. The Hall–Kier alpha value is -1.72. The molecule has 0 unspecified atom stereocenters. The molecular weight excluding hydrogens is 313 g/mol. The first-order chi connectivity index (χ1) is 10.0. The quantitative estimate of drug-likeness (QED) is 0.841. The molecule has 0 atom stereocenters. The molecule has 0 radical (unpaired) electrons. The molecule has 0 spiro atoms. The number of rotatable bonds is 4. The van der Waals surface area contributed by atoms with Gasteiger partial charge in [0.05, 0.1) is 0 Å². The third-order valence-electron chi connectivity index (χ3n) is 2.55. The van der Waals surface area contributed by atoms with Crippen molar-refractivity contribution in [2.75, 3.05) is 6.61 Å². The number of sulfonamides is 1. The van der Waals surface area contributed by atoms with Crippen molar-refractivity contribution in [3.63, 3.8) is 0 Å². The van der Waals surface area contributed by atoms with Crippen molar-refractivity contribution in [3.05, 3.63) is 52.0 Å². The average molecular weight is 325 g/mol. The fraction of sp³-hybridized carbons (Fsp3) is 0.143. The summed E-state index contributed by atoms with van der Waals surface area (Å²) >= 11 is 1.41. The highest BCUT2D eigenvalue weighted by atomic mass is 32.2. The zero-order valence-electron chi connectivity index (χ0n) is 10.8. The maximum atomic E-state index is 13.9. The third kappa shape index (κ3) is 4.12. The molecule has 0 aliphatic carbocycles. The van der Waals surface area contributed by atoms with Crippen LogP contribution in [-0.2, 0) is 16.6 Å². The molecule has 0 amide bonds. The molecule has 1 heterocycles. The van der Waals surface area contributed by atoms with E-state index in [1.54, 1.807) is 6.07 Å². The lowest BCUT2D eigenvalue weighted by Crippen LogP contribution is -2.23. The number of aliphatic hydroxyl groups is 1. The molecule has 1 aromatic heterocycles. The number of thiophene rings is 1. The van der Waals surface area contributed by atoms with Gasteiger partial charge in [-0.1, -0.05) is 17.9 Å². The van der Waals surface area contributed by atoms with Crippen molar-refractivity contribution in [1.29, 1.82) is 0 Å². The molecule has 0 fully saturated rings. The van der Waals surface area contributed by atoms with Crippen molar-refractivity contribution in [2.24, 2.45) is 0 Å². The fourth-order valence-corrected chi connectivity index (χ4v) is 3.39. The minimum Gasteiger partial charge on any atom is -0.384 e. The van der Waals surface area contributed by atoms with Crippen LogP contribution in [0.25, 0.3) is 0 Å². The molecule has 0 saturated heterocycles. The van der Waals surface area contributed by atoms with Crippen molar-refractivity contribution >= 4 is 21.4 Å². The van der Waals surface area contributed by atoms with Gasteiger partial charge in [-0.3, -0.25) is 0 Å². The summed E-state index contributed by atoms with van der Waals surface area (Å²) in [5, 5.41) is 10.4. The van der Waals surface area contributed by atoms with Gasteiger partial charge in [0.2, 0.25) is 10.0 Å². The Labute approximate surface area is 126 Å². The Bertz CT molecular complexity index is 774. The SMILES string of the molecule is O=S(=O)(NCc1cccs1)c1ccc(C#CCO)cc1F. The summed E-state index contributed by atoms with van der Waals surface area (Å²) in [5.74, 6) is 4.01. The van der Waals surface area contributed by atoms with Gasteiger partial charge in [0.25, 0.3) is 0 Å². The molecule has 0 bridgehead atoms. The lowest BCUT2D eigenvalue weighted by molar-refractivity contribution is 0.350. The zero-order valence-corrected chi connectivity index (χ0v) is 12.5. The van der Waals surface area contributed by atoms with Gasteiger partial charge in [-0.25, -0.2) is 17.5 Å². The second-order valence-electron chi connectivity index (χ2n) is 4.01. The Balaban J connectivity index is 2.19. The van der Waals surface area contributed by atoms with Crippen LogP contribution in [0.5, 0.6) is 0 Å². The highest BCUT2D eigenvalue weighted by molar-refractivity contribution is 7.89. The Morgan fingerprint density at radius 2 is 2.14 bits per heavy atom. The van der Waals surface area contributed by atoms with Gasteiger partial charge in [-0.05, 0) is 29.6 Å². The van der Waals surface area contributed by atoms with Crippen LogP contribution in [0, 0.1) is 17.7 Å². The Morgan fingerprint density at radius 3 is 2.76 bits per heavy atom. The molecule has 110 valence electrons. The van der Waals surface area contributed by atoms with E-state index in [1.807, 2.05) is 11.4 Å². The van der Waals surface area contributed by atoms with E-state index in [0.29, 0.717) is 5.56 Å². The van der Waals surface area contributed by atoms with Crippen LogP contribution in [0.15, 0.2) is 40.6 Å². The van der Waals surface area contributed by atoms with Crippen LogP contribution < -0.4 is 4.72 Å². The van der Waals surface area contributed by atoms with Crippen molar-refractivity contribution in [1.82, 2.24) is 4.72 Å². The minimum atomic E-state index is -3.92. The largest absolute Gasteiger partial charge is 0.384 e. The summed E-state index contributed by atoms with van der Waals surface area (Å²) in [6.45, 7) is -0.227. The molecule has 21 heavy (non-hydrogen) atoms. The van der Waals surface area contributed by atoms with Gasteiger partial charge in [-0.15, -0.1) is 11.3 Å². The predicted molar refractivity (Wildman–Crippen MR) is 78.7 cm³/mol. The number of benzene rings is 1. The van der Waals surface area contributed by atoms with Crippen LogP contribution in [0.2, 0.25) is 0 Å². The Morgan fingerprint density at radius 1 is 1.33 bits per heavy atom. The van der Waals surface area contributed by atoms with E-state index < -0.39 is 20.7 Å². The summed E-state index contributed by atoms with van der Waals surface area (Å²) in [5.41, 5.74) is 0.304. The second-order valence-corrected chi connectivity index (χ2v) is 6.78. The molecule has 2 aromatic rings. The smallest absolute Gasteiger partial charge is 0.243 e. The van der Waals surface area contributed by atoms with E-state index in [-0.39, 0.29) is 13.2 Å². The molecule has 7 heteroatoms. The number of hydrogen-bond donors (Lipinski definition) is 2. The fourth-order valence-electron chi connectivity index (χ4n) is 1.60. The van der Waals surface area contributed by atoms with E-state index in [1.165, 1.54) is 17.4 Å². The maximum Gasteiger partial charge on any atom is 0.243 e. The number of aliphatic hydroxyl groups excluding tert-OH is 1. The van der Waals surface area contributed by atoms with E-state index in [2.05, 4.69) is 16.6 Å². The average Bonchev–Trinajstić information content (AvgIpc) is 2.96. The summed E-state index contributed by atoms with van der Waals surface area (Å²) in [6.07, 6.45) is 0. The van der Waals surface area contributed by atoms with Gasteiger partial charge in [-0.2, -0.15) is 0 Å². The molecule has 1 aromatic carbocycles. The molecule has 2 rings (SSSR count). The van der Waals surface area contributed by atoms with E-state index >= 15 is 0 Å². The topological polar surface area (TPSA) is 66.4 Å². The standard InChI is InChI=1S/C14H12FNO3S2/c15-13-9-11(3-1-7-17)5-6-14(13)21(18,19)16-10-12-4-2-8-20-12/h2,4-6,8-9,16-17H,7,10H2. The van der Waals surface area contributed by atoms with Gasteiger partial charge in [0.15, 0.2) is 0 Å². The monoisotopic (exact) mass is 325 g/mol. The molecule has 0 saturated carbocycles. The summed E-state index contributed by atoms with van der Waals surface area (Å²) < 4.78 is 40.3. The first kappa shape index (κ1) is 15.7. The molecule has 0 aliphatic rings. The van der Waals surface area contributed by atoms with Gasteiger partial charge >= 0.3 is 0 Å². The van der Waals surface area contributed by atoms with E-state index in [0.717, 1.165) is 17.0 Å². The first-order valence-corrected chi connectivity index (χ1v) is 8.30. The highest BCUT2D eigenvalue weighted by Crippen LogP contribution is 2.17. The lowest BCUT2D eigenvalue weighted by atomic mass is 10.2. The van der Waals surface area contributed by atoms with Gasteiger partial charge < -0.3 is 5.11 Å². The Kier molecular flexibility index (Phi) is 5.09. The van der Waals surface area contributed by atoms with Gasteiger partial charge in [0.1, 0.15) is 17.3 Å². The van der Waals surface area contributed by atoms with Crippen LogP contribution in [0.4, 0.5) is 4.39 Å². The summed E-state index contributed by atoms with van der Waals surface area (Å²) in [6, 6.07) is 7.18. The predicted octanol–water partition coefficient (Wildman–Crippen LogP) is 1.71. The van der Waals surface area contributed by atoms with Crippen LogP contribution >= 0.6 is 11.3 Å². The normalized spacial score (nSPS) is 11.0. The number of nitrogens with one attached hydrogen (secondary N) is 1. The number of hydrogen-bond acceptors (Lipinski definition) is 4. The molecular formula is C14H12FNO3S2. The third-order valence-corrected chi connectivity index (χ3v) is 4.86. The summed E-state index contributed by atoms with van der Waals surface area (Å²) in [4.78, 5) is 0.415. The van der Waals surface area contributed by atoms with Crippen molar-refractivity contribution in [3.8, 4) is 11.8 Å². The van der Waals surface area contributed by atoms with Crippen LogP contribution in [-0.4, -0.2) is 20.1 Å². The highest BCUT2D eigenvalue weighted by Gasteiger charge is 2.19. The van der Waals surface area contributed by atoms with Crippen LogP contribution in [0.1, 0.15) is 10.4 Å². The summed E-state index contributed by atoms with van der Waals surface area (Å²) in [7, 11) is -3.92. The van der Waals surface area contributed by atoms with E-state index in [4.69, 9.17) is 5.11 Å². The molecule has 2 N–H and O–H groups in total. The minimum absolute atomic E-state index is 0.117. The zero-order chi connectivity index (χ0) is 15.3. The van der Waals surface area contributed by atoms with E-state index in [9.17, 15) is 12.8 Å². The van der Waals surface area contributed by atoms with Gasteiger partial charge in [0, 0.05) is 17.0 Å².